The fraction of sp³-hybridized carbons (Fsp3) is 0.308. The van der Waals surface area contributed by atoms with Crippen molar-refractivity contribution in [3.05, 3.63) is 56.2 Å². The first-order chi connectivity index (χ1) is 9.08. The molecule has 0 amide bonds. The van der Waals surface area contributed by atoms with E-state index in [-0.39, 0.29) is 0 Å². The van der Waals surface area contributed by atoms with Gasteiger partial charge in [0.15, 0.2) is 0 Å². The van der Waals surface area contributed by atoms with Crippen molar-refractivity contribution in [3.8, 4) is 0 Å². The van der Waals surface area contributed by atoms with Gasteiger partial charge in [0.2, 0.25) is 6.33 Å². The first-order valence-corrected chi connectivity index (χ1v) is 5.89. The van der Waals surface area contributed by atoms with Crippen LogP contribution in [0.5, 0.6) is 0 Å². The summed E-state index contributed by atoms with van der Waals surface area (Å²) < 4.78 is 7.78. The number of hydrogen-bond donors (Lipinski definition) is 0. The molecule has 0 aliphatic heterocycles. The highest BCUT2D eigenvalue weighted by Crippen LogP contribution is 1.74. The summed E-state index contributed by atoms with van der Waals surface area (Å²) in [5, 5.41) is 0. The Labute approximate surface area is 113 Å². The maximum absolute atomic E-state index is 3.78. The van der Waals surface area contributed by atoms with E-state index in [1.165, 1.54) is 0 Å². The number of aryl methyl sites for hydroxylation is 4. The second kappa shape index (κ2) is 7.86. The maximum atomic E-state index is 3.78. The fourth-order valence-corrected chi connectivity index (χ4v) is 1.23. The van der Waals surface area contributed by atoms with Gasteiger partial charge in [-0.1, -0.05) is 0 Å². The lowest BCUT2D eigenvalue weighted by Crippen LogP contribution is -2.23. The highest BCUT2D eigenvalue weighted by Gasteiger charge is 1.87. The summed E-state index contributed by atoms with van der Waals surface area (Å²) in [4.78, 5) is 7.57. The van der Waals surface area contributed by atoms with Crippen LogP contribution in [0, 0.1) is 0 Å². The molecule has 0 atom stereocenters. The SMILES string of the molecule is Cn1cc[n+](C)c1.Cn1ccnc1.Cn1ccnc1. The van der Waals surface area contributed by atoms with Crippen LogP contribution in [-0.2, 0) is 28.2 Å². The Morgan fingerprint density at radius 2 is 1.32 bits per heavy atom. The van der Waals surface area contributed by atoms with Gasteiger partial charge in [0, 0.05) is 38.9 Å². The summed E-state index contributed by atoms with van der Waals surface area (Å²) in [5.41, 5.74) is 0. The van der Waals surface area contributed by atoms with Crippen LogP contribution in [0.25, 0.3) is 0 Å². The van der Waals surface area contributed by atoms with Crippen LogP contribution in [0.4, 0.5) is 0 Å². The number of rotatable bonds is 0. The first-order valence-electron chi connectivity index (χ1n) is 5.89. The van der Waals surface area contributed by atoms with E-state index < -0.39 is 0 Å². The zero-order valence-corrected chi connectivity index (χ0v) is 11.9. The Hall–Kier alpha value is -2.37. The van der Waals surface area contributed by atoms with Crippen LogP contribution in [0.3, 0.4) is 0 Å². The van der Waals surface area contributed by atoms with Gasteiger partial charge in [-0.3, -0.25) is 0 Å². The van der Waals surface area contributed by atoms with Crippen LogP contribution in [-0.4, -0.2) is 23.7 Å². The van der Waals surface area contributed by atoms with E-state index >= 15 is 0 Å². The Morgan fingerprint density at radius 3 is 1.42 bits per heavy atom. The van der Waals surface area contributed by atoms with Crippen LogP contribution in [0.1, 0.15) is 0 Å². The number of aromatic nitrogens is 6. The molecule has 0 fully saturated rings. The van der Waals surface area contributed by atoms with Gasteiger partial charge in [-0.25, -0.2) is 19.1 Å². The zero-order chi connectivity index (χ0) is 14.1. The van der Waals surface area contributed by atoms with Gasteiger partial charge in [0.25, 0.3) is 0 Å². The predicted molar refractivity (Wildman–Crippen MR) is 73.0 cm³/mol. The highest BCUT2D eigenvalue weighted by atomic mass is 15.1. The topological polar surface area (TPSA) is 44.5 Å². The molecule has 0 bridgehead atoms. The zero-order valence-electron chi connectivity index (χ0n) is 11.9. The van der Waals surface area contributed by atoms with Gasteiger partial charge in [-0.05, 0) is 0 Å². The maximum Gasteiger partial charge on any atom is 0.243 e. The first kappa shape index (κ1) is 14.7. The van der Waals surface area contributed by atoms with Crippen molar-refractivity contribution in [2.75, 3.05) is 0 Å². The second-order valence-corrected chi connectivity index (χ2v) is 4.20. The van der Waals surface area contributed by atoms with Crippen molar-refractivity contribution in [3.63, 3.8) is 0 Å². The van der Waals surface area contributed by atoms with Crippen molar-refractivity contribution in [2.24, 2.45) is 28.2 Å². The lowest BCUT2D eigenvalue weighted by Gasteiger charge is -1.76. The molecule has 0 saturated carbocycles. The van der Waals surface area contributed by atoms with Gasteiger partial charge in [0.05, 0.1) is 26.7 Å². The second-order valence-electron chi connectivity index (χ2n) is 4.20. The van der Waals surface area contributed by atoms with Crippen LogP contribution in [0.2, 0.25) is 0 Å². The molecule has 0 N–H and O–H groups in total. The van der Waals surface area contributed by atoms with E-state index in [0.29, 0.717) is 0 Å². The van der Waals surface area contributed by atoms with Gasteiger partial charge in [-0.2, -0.15) is 0 Å². The molecule has 0 aliphatic rings. The minimum absolute atomic E-state index is 1.75. The molecule has 0 saturated heterocycles. The molecule has 19 heavy (non-hydrogen) atoms. The van der Waals surface area contributed by atoms with E-state index in [2.05, 4.69) is 9.97 Å². The highest BCUT2D eigenvalue weighted by molar-refractivity contribution is 4.70. The van der Waals surface area contributed by atoms with E-state index in [9.17, 15) is 0 Å². The smallest absolute Gasteiger partial charge is 0.243 e. The quantitative estimate of drug-likeness (QED) is 0.559. The number of imidazole rings is 3. The molecule has 0 unspecified atom stereocenters. The molecule has 3 aromatic rings. The molecule has 102 valence electrons. The molecule has 0 radical (unpaired) electrons. The molecule has 6 heteroatoms. The largest absolute Gasteiger partial charge is 0.341 e. The van der Waals surface area contributed by atoms with E-state index in [4.69, 9.17) is 0 Å². The van der Waals surface area contributed by atoms with Gasteiger partial charge >= 0.3 is 0 Å². The number of hydrogen-bond acceptors (Lipinski definition) is 2. The summed E-state index contributed by atoms with van der Waals surface area (Å²) in [6.45, 7) is 0. The Kier molecular flexibility index (Phi) is 6.08. The third-order valence-corrected chi connectivity index (χ3v) is 2.17. The summed E-state index contributed by atoms with van der Waals surface area (Å²) in [7, 11) is 7.88. The third kappa shape index (κ3) is 6.82. The van der Waals surface area contributed by atoms with Crippen LogP contribution < -0.4 is 4.57 Å². The molecular formula is C13H21N6+. The molecule has 0 aliphatic carbocycles. The van der Waals surface area contributed by atoms with E-state index in [1.807, 2.05) is 77.6 Å². The monoisotopic (exact) mass is 261 g/mol. The molecule has 6 nitrogen and oxygen atoms in total. The lowest BCUT2D eigenvalue weighted by molar-refractivity contribution is -0.670. The van der Waals surface area contributed by atoms with Crippen molar-refractivity contribution in [1.82, 2.24) is 23.7 Å². The lowest BCUT2D eigenvalue weighted by atomic mass is 10.9. The molecule has 3 rings (SSSR count). The number of nitrogens with zero attached hydrogens (tertiary/aromatic N) is 6. The normalized spacial score (nSPS) is 9.05. The van der Waals surface area contributed by atoms with Gasteiger partial charge < -0.3 is 9.13 Å². The Bertz CT molecular complexity index is 487. The Morgan fingerprint density at radius 1 is 0.789 bits per heavy atom. The summed E-state index contributed by atoms with van der Waals surface area (Å²) in [6, 6.07) is 0. The molecule has 3 aromatic heterocycles. The van der Waals surface area contributed by atoms with Gasteiger partial charge in [-0.15, -0.1) is 0 Å². The van der Waals surface area contributed by atoms with E-state index in [1.54, 1.807) is 25.0 Å². The molecule has 3 heterocycles. The van der Waals surface area contributed by atoms with Crippen molar-refractivity contribution in [2.45, 2.75) is 0 Å². The van der Waals surface area contributed by atoms with Gasteiger partial charge in [0.1, 0.15) is 12.4 Å². The molecular weight excluding hydrogens is 240 g/mol. The average molecular weight is 261 g/mol. The van der Waals surface area contributed by atoms with Crippen LogP contribution >= 0.6 is 0 Å². The van der Waals surface area contributed by atoms with Crippen molar-refractivity contribution >= 4 is 0 Å². The van der Waals surface area contributed by atoms with E-state index in [0.717, 1.165) is 0 Å². The third-order valence-electron chi connectivity index (χ3n) is 2.17. The minimum atomic E-state index is 1.75. The average Bonchev–Trinajstić information content (AvgIpc) is 3.07. The van der Waals surface area contributed by atoms with Crippen molar-refractivity contribution in [1.29, 1.82) is 0 Å². The summed E-state index contributed by atoms with van der Waals surface area (Å²) >= 11 is 0. The fourth-order valence-electron chi connectivity index (χ4n) is 1.23. The summed E-state index contributed by atoms with van der Waals surface area (Å²) in [5.74, 6) is 0. The summed E-state index contributed by atoms with van der Waals surface area (Å²) in [6.07, 6.45) is 16.8. The molecule has 0 aromatic carbocycles. The predicted octanol–water partition coefficient (Wildman–Crippen LogP) is 0.690. The standard InChI is InChI=1S/C5H9N2.2C4H6N2/c1-6-3-4-7(2)5-6;2*1-6-3-2-5-4-6/h3-5H,1-2H3;2*2-4H,1H3/q+1;;. The van der Waals surface area contributed by atoms with Crippen molar-refractivity contribution < 1.29 is 4.57 Å². The Balaban J connectivity index is 0.000000143. The minimum Gasteiger partial charge on any atom is -0.341 e. The molecule has 0 spiro atoms. The van der Waals surface area contributed by atoms with Crippen LogP contribution in [0.15, 0.2) is 56.2 Å².